The van der Waals surface area contributed by atoms with Gasteiger partial charge in [0.2, 0.25) is 5.43 Å². The monoisotopic (exact) mass is 426 g/mol. The molecule has 3 rings (SSSR count). The highest BCUT2D eigenvalue weighted by Crippen LogP contribution is 2.35. The van der Waals surface area contributed by atoms with Crippen molar-refractivity contribution in [3.8, 4) is 34.1 Å². The van der Waals surface area contributed by atoms with E-state index in [0.717, 1.165) is 0 Å². The van der Waals surface area contributed by atoms with E-state index in [1.54, 1.807) is 6.07 Å². The Balaban J connectivity index is 2.22. The fourth-order valence-corrected chi connectivity index (χ4v) is 2.93. The molecule has 0 saturated carbocycles. The van der Waals surface area contributed by atoms with E-state index in [1.165, 1.54) is 58.4 Å². The van der Waals surface area contributed by atoms with Gasteiger partial charge < -0.3 is 23.4 Å². The molecule has 9 heteroatoms. The summed E-state index contributed by atoms with van der Waals surface area (Å²) in [5.74, 6) is -1.47. The van der Waals surface area contributed by atoms with Gasteiger partial charge in [-0.05, 0) is 17.7 Å². The average Bonchev–Trinajstić information content (AvgIpc) is 2.66. The lowest BCUT2D eigenvalue weighted by molar-refractivity contribution is -0.133. The normalized spacial score (nSPS) is 10.5. The molecule has 0 aliphatic carbocycles. The number of ether oxygens (including phenoxy) is 4. The molecule has 0 bridgehead atoms. The molecule has 1 aromatic heterocycles. The first-order chi connectivity index (χ1) is 14.7. The predicted molar refractivity (Wildman–Crippen MR) is 108 cm³/mol. The van der Waals surface area contributed by atoms with Gasteiger partial charge in [-0.25, -0.2) is 0 Å². The minimum Gasteiger partial charge on any atom is -0.493 e. The van der Waals surface area contributed by atoms with Crippen molar-refractivity contribution in [2.24, 2.45) is 0 Å². The van der Waals surface area contributed by atoms with Crippen LogP contribution in [0.2, 0.25) is 0 Å². The summed E-state index contributed by atoms with van der Waals surface area (Å²) in [7, 11) is 1.42. The summed E-state index contributed by atoms with van der Waals surface area (Å²) in [5.41, 5.74) is 0.0472. The highest BCUT2D eigenvalue weighted by molar-refractivity contribution is 5.91. The largest absolute Gasteiger partial charge is 0.493 e. The van der Waals surface area contributed by atoms with Gasteiger partial charge in [-0.2, -0.15) is 0 Å². The number of methoxy groups -OCH3 is 1. The number of carbonyl (C=O) groups excluding carboxylic acids is 3. The van der Waals surface area contributed by atoms with Crippen LogP contribution >= 0.6 is 0 Å². The molecule has 0 fully saturated rings. The molecule has 9 nitrogen and oxygen atoms in total. The van der Waals surface area contributed by atoms with Crippen molar-refractivity contribution in [1.29, 1.82) is 0 Å². The van der Waals surface area contributed by atoms with Gasteiger partial charge in [0, 0.05) is 32.9 Å². The minimum atomic E-state index is -0.673. The van der Waals surface area contributed by atoms with E-state index >= 15 is 0 Å². The Morgan fingerprint density at radius 1 is 0.806 bits per heavy atom. The van der Waals surface area contributed by atoms with Crippen LogP contribution in [0, 0.1) is 0 Å². The average molecular weight is 426 g/mol. The summed E-state index contributed by atoms with van der Waals surface area (Å²) >= 11 is 0. The Morgan fingerprint density at radius 3 is 2.06 bits per heavy atom. The second-order valence-electron chi connectivity index (χ2n) is 6.42. The van der Waals surface area contributed by atoms with Gasteiger partial charge in [-0.1, -0.05) is 6.07 Å². The van der Waals surface area contributed by atoms with E-state index in [9.17, 15) is 19.2 Å². The van der Waals surface area contributed by atoms with Gasteiger partial charge in [-0.15, -0.1) is 0 Å². The zero-order chi connectivity index (χ0) is 22.7. The second kappa shape index (κ2) is 8.70. The Bertz CT molecular complexity index is 1250. The summed E-state index contributed by atoms with van der Waals surface area (Å²) in [6.45, 7) is 3.62. The number of hydrogen-bond donors (Lipinski definition) is 0. The van der Waals surface area contributed by atoms with Crippen LogP contribution in [0.25, 0.3) is 22.1 Å². The Kier molecular flexibility index (Phi) is 6.05. The molecule has 3 aromatic rings. The Labute approximate surface area is 176 Å². The maximum atomic E-state index is 13.3. The molecule has 2 aromatic carbocycles. The molecule has 0 atom stereocenters. The lowest BCUT2D eigenvalue weighted by Crippen LogP contribution is -2.11. The van der Waals surface area contributed by atoms with Crippen LogP contribution in [0.15, 0.2) is 45.8 Å². The van der Waals surface area contributed by atoms with Crippen molar-refractivity contribution in [1.82, 2.24) is 0 Å². The van der Waals surface area contributed by atoms with Crippen molar-refractivity contribution >= 4 is 28.9 Å². The third-order valence-corrected chi connectivity index (χ3v) is 4.06. The summed E-state index contributed by atoms with van der Waals surface area (Å²) in [4.78, 5) is 47.5. The van der Waals surface area contributed by atoms with Crippen LogP contribution in [0.1, 0.15) is 20.8 Å². The zero-order valence-electron chi connectivity index (χ0n) is 17.1. The Hall–Kier alpha value is -4.14. The van der Waals surface area contributed by atoms with E-state index in [4.69, 9.17) is 23.4 Å². The molecule has 0 unspecified atom stereocenters. The molecule has 0 aliphatic rings. The van der Waals surface area contributed by atoms with E-state index in [2.05, 4.69) is 0 Å². The number of rotatable bonds is 5. The molecule has 0 amide bonds. The minimum absolute atomic E-state index is 0.0199. The molecular weight excluding hydrogens is 408 g/mol. The fraction of sp³-hybridized carbons (Fsp3) is 0.182. The van der Waals surface area contributed by atoms with Gasteiger partial charge in [0.05, 0.1) is 12.7 Å². The molecule has 31 heavy (non-hydrogen) atoms. The topological polar surface area (TPSA) is 118 Å². The van der Waals surface area contributed by atoms with Crippen LogP contribution in [0.3, 0.4) is 0 Å². The summed E-state index contributed by atoms with van der Waals surface area (Å²) in [6, 6.07) is 7.17. The number of hydrogen-bond acceptors (Lipinski definition) is 9. The fourth-order valence-electron chi connectivity index (χ4n) is 2.93. The van der Waals surface area contributed by atoms with Gasteiger partial charge in [-0.3, -0.25) is 19.2 Å². The lowest BCUT2D eigenvalue weighted by Gasteiger charge is -2.12. The van der Waals surface area contributed by atoms with Gasteiger partial charge in [0.25, 0.3) is 0 Å². The molecule has 0 saturated heterocycles. The zero-order valence-corrected chi connectivity index (χ0v) is 17.1. The van der Waals surface area contributed by atoms with Crippen LogP contribution in [-0.2, 0) is 14.4 Å². The molecule has 0 radical (unpaired) electrons. The predicted octanol–water partition coefficient (Wildman–Crippen LogP) is 3.24. The SMILES string of the molecule is COc1ccc(-c2coc3cc(OC(C)=O)cc(OC(C)=O)c3c2=O)cc1OC(C)=O. The van der Waals surface area contributed by atoms with Gasteiger partial charge in [0.1, 0.15) is 28.7 Å². The molecule has 160 valence electrons. The maximum Gasteiger partial charge on any atom is 0.308 e. The van der Waals surface area contributed by atoms with E-state index in [0.29, 0.717) is 11.3 Å². The van der Waals surface area contributed by atoms with E-state index in [-0.39, 0.29) is 33.8 Å². The Morgan fingerprint density at radius 2 is 1.45 bits per heavy atom. The summed E-state index contributed by atoms with van der Waals surface area (Å²) in [5, 5.41) is -0.0199. The lowest BCUT2D eigenvalue weighted by atomic mass is 10.0. The van der Waals surface area contributed by atoms with E-state index < -0.39 is 23.3 Å². The number of esters is 3. The number of benzene rings is 2. The van der Waals surface area contributed by atoms with E-state index in [1.807, 2.05) is 0 Å². The molecular formula is C22H18O9. The summed E-state index contributed by atoms with van der Waals surface area (Å²) < 4.78 is 26.1. The molecule has 0 spiro atoms. The first-order valence-electron chi connectivity index (χ1n) is 9.02. The van der Waals surface area contributed by atoms with Crippen molar-refractivity contribution < 1.29 is 37.7 Å². The smallest absolute Gasteiger partial charge is 0.308 e. The van der Waals surface area contributed by atoms with Crippen molar-refractivity contribution in [3.05, 3.63) is 46.8 Å². The van der Waals surface area contributed by atoms with Crippen LogP contribution < -0.4 is 24.4 Å². The summed E-state index contributed by atoms with van der Waals surface area (Å²) in [6.07, 6.45) is 1.21. The molecule has 0 aliphatic heterocycles. The third kappa shape index (κ3) is 4.72. The van der Waals surface area contributed by atoms with Crippen LogP contribution in [-0.4, -0.2) is 25.0 Å². The number of carbonyl (C=O) groups is 3. The van der Waals surface area contributed by atoms with Crippen molar-refractivity contribution in [3.63, 3.8) is 0 Å². The first kappa shape index (κ1) is 21.6. The van der Waals surface area contributed by atoms with Gasteiger partial charge >= 0.3 is 17.9 Å². The second-order valence-corrected chi connectivity index (χ2v) is 6.42. The third-order valence-electron chi connectivity index (χ3n) is 4.06. The highest BCUT2D eigenvalue weighted by Gasteiger charge is 2.19. The quantitative estimate of drug-likeness (QED) is 0.447. The van der Waals surface area contributed by atoms with Crippen molar-refractivity contribution in [2.75, 3.05) is 7.11 Å². The van der Waals surface area contributed by atoms with Gasteiger partial charge in [0.15, 0.2) is 11.5 Å². The highest BCUT2D eigenvalue weighted by atomic mass is 16.6. The number of fused-ring (bicyclic) bond motifs is 1. The van der Waals surface area contributed by atoms with Crippen LogP contribution in [0.5, 0.6) is 23.0 Å². The first-order valence-corrected chi connectivity index (χ1v) is 9.02. The maximum absolute atomic E-state index is 13.3. The van der Waals surface area contributed by atoms with Crippen LogP contribution in [0.4, 0.5) is 0 Å². The van der Waals surface area contributed by atoms with Crippen molar-refractivity contribution in [2.45, 2.75) is 20.8 Å². The standard InChI is InChI=1S/C22H18O9/c1-11(23)29-15-8-19-21(20(9-15)31-13(3)25)22(26)16(10-28-19)14-5-6-17(27-4)18(7-14)30-12(2)24/h5-10H,1-4H3. The molecule has 0 N–H and O–H groups in total. The molecule has 1 heterocycles.